The van der Waals surface area contributed by atoms with Gasteiger partial charge < -0.3 is 15.2 Å². The predicted molar refractivity (Wildman–Crippen MR) is 108 cm³/mol. The summed E-state index contributed by atoms with van der Waals surface area (Å²) in [5.41, 5.74) is 0. The van der Waals surface area contributed by atoms with Crippen molar-refractivity contribution in [1.82, 2.24) is 10.6 Å². The summed E-state index contributed by atoms with van der Waals surface area (Å²) in [4.78, 5) is 11.5. The highest BCUT2D eigenvalue weighted by atomic mass is 32.2. The van der Waals surface area contributed by atoms with Crippen LogP contribution in [0.4, 0.5) is 4.79 Å². The van der Waals surface area contributed by atoms with E-state index in [0.717, 1.165) is 64.5 Å². The molecule has 0 radical (unpaired) electrons. The van der Waals surface area contributed by atoms with Crippen LogP contribution in [0.1, 0.15) is 64.7 Å². The molecular weight excluding hydrogens is 350 g/mol. The van der Waals surface area contributed by atoms with E-state index in [1.54, 1.807) is 0 Å². The van der Waals surface area contributed by atoms with Crippen molar-refractivity contribution < 1.29 is 9.35 Å². The Kier molecular flexibility index (Phi) is 13.8. The van der Waals surface area contributed by atoms with Crippen molar-refractivity contribution in [1.29, 1.82) is 0 Å². The monoisotopic (exact) mass is 383 g/mol. The molecule has 1 aliphatic heterocycles. The fraction of sp³-hybridized carbons (Fsp3) is 0.778. The molecule has 0 bridgehead atoms. The van der Waals surface area contributed by atoms with E-state index in [2.05, 4.69) is 45.1 Å². The van der Waals surface area contributed by atoms with Crippen LogP contribution < -0.4 is 10.6 Å². The van der Waals surface area contributed by atoms with Crippen molar-refractivity contribution in [3.8, 4) is 0 Å². The molecule has 1 rings (SSSR count). The van der Waals surface area contributed by atoms with Gasteiger partial charge in [0.2, 0.25) is 0 Å². The maximum Gasteiger partial charge on any atom is 0.314 e. The number of carbonyl (C=O) groups is 1. The van der Waals surface area contributed by atoms with Crippen molar-refractivity contribution in [3.63, 3.8) is 0 Å². The van der Waals surface area contributed by atoms with E-state index in [1.165, 1.54) is 6.42 Å². The molecule has 2 amide bonds. The molecule has 148 valence electrons. The summed E-state index contributed by atoms with van der Waals surface area (Å²) in [6, 6.07) is -0.0556. The van der Waals surface area contributed by atoms with Crippen molar-refractivity contribution >= 4 is 22.3 Å². The van der Waals surface area contributed by atoms with Crippen LogP contribution in [0.5, 0.6) is 0 Å². The fourth-order valence-corrected chi connectivity index (χ4v) is 3.43. The van der Waals surface area contributed by atoms with Gasteiger partial charge in [0.05, 0.1) is 0 Å². The van der Waals surface area contributed by atoms with E-state index in [9.17, 15) is 9.35 Å². The number of amides is 2. The van der Waals surface area contributed by atoms with Gasteiger partial charge in [-0.25, -0.2) is 4.79 Å². The third kappa shape index (κ3) is 12.0. The number of nitrogens with zero attached hydrogens (tertiary/aromatic N) is 3. The number of urea groups is 1. The van der Waals surface area contributed by atoms with Crippen LogP contribution in [0.25, 0.3) is 0 Å². The zero-order valence-corrected chi connectivity index (χ0v) is 16.7. The Labute approximate surface area is 160 Å². The Morgan fingerprint density at radius 1 is 1.08 bits per heavy atom. The first-order valence-electron chi connectivity index (χ1n) is 9.72. The number of carbonyl (C=O) groups excluding carboxylic acids is 1. The lowest BCUT2D eigenvalue weighted by atomic mass is 10.2. The highest BCUT2D eigenvalue weighted by molar-refractivity contribution is 8.06. The van der Waals surface area contributed by atoms with Gasteiger partial charge in [-0.3, -0.25) is 0 Å². The summed E-state index contributed by atoms with van der Waals surface area (Å²) in [5.74, 6) is 0.643. The van der Waals surface area contributed by atoms with Gasteiger partial charge in [0.25, 0.3) is 5.04 Å². The van der Waals surface area contributed by atoms with Gasteiger partial charge in [-0.15, -0.1) is 0 Å². The third-order valence-electron chi connectivity index (χ3n) is 3.95. The lowest BCUT2D eigenvalue weighted by Crippen LogP contribution is -2.36. The zero-order chi connectivity index (χ0) is 18.9. The SMILES string of the molecule is CCCCCNC(=O)NCCCC/C=C/CCCC[S+]([O-])C1=NN=NC1. The highest BCUT2D eigenvalue weighted by Gasteiger charge is 2.18. The van der Waals surface area contributed by atoms with Crippen LogP contribution in [0, 0.1) is 0 Å². The molecule has 0 fully saturated rings. The van der Waals surface area contributed by atoms with Crippen molar-refractivity contribution in [3.05, 3.63) is 12.2 Å². The molecule has 0 saturated heterocycles. The van der Waals surface area contributed by atoms with E-state index in [4.69, 9.17) is 0 Å². The molecule has 0 spiro atoms. The summed E-state index contributed by atoms with van der Waals surface area (Å²) >= 11 is -1.02. The van der Waals surface area contributed by atoms with Gasteiger partial charge in [-0.2, -0.15) is 5.11 Å². The molecule has 7 nitrogen and oxygen atoms in total. The minimum atomic E-state index is -1.02. The second-order valence-electron chi connectivity index (χ2n) is 6.29. The zero-order valence-electron chi connectivity index (χ0n) is 15.9. The van der Waals surface area contributed by atoms with Crippen molar-refractivity contribution in [2.75, 3.05) is 25.4 Å². The molecule has 0 saturated carbocycles. The van der Waals surface area contributed by atoms with Crippen LogP contribution in [-0.2, 0) is 11.2 Å². The molecule has 1 unspecified atom stereocenters. The van der Waals surface area contributed by atoms with Crippen molar-refractivity contribution in [2.24, 2.45) is 15.4 Å². The van der Waals surface area contributed by atoms with Crippen LogP contribution in [0.15, 0.2) is 27.6 Å². The van der Waals surface area contributed by atoms with E-state index in [-0.39, 0.29) is 6.03 Å². The first kappa shape index (κ1) is 22.6. The minimum absolute atomic E-state index is 0.0556. The molecule has 1 aliphatic rings. The number of allylic oxidation sites excluding steroid dienone is 2. The normalized spacial score (nSPS) is 14.6. The maximum absolute atomic E-state index is 11.8. The summed E-state index contributed by atoms with van der Waals surface area (Å²) in [6.07, 6.45) is 13.8. The number of nitrogens with one attached hydrogen (secondary N) is 2. The summed E-state index contributed by atoms with van der Waals surface area (Å²) in [5, 5.41) is 17.3. The quantitative estimate of drug-likeness (QED) is 0.270. The largest absolute Gasteiger partial charge is 0.610 e. The molecule has 0 aromatic rings. The average molecular weight is 384 g/mol. The second kappa shape index (κ2) is 15.8. The molecule has 0 aromatic carbocycles. The average Bonchev–Trinajstić information content (AvgIpc) is 3.18. The molecule has 0 aromatic heterocycles. The standard InChI is InChI=1S/C18H33N5O2S/c1-2-3-10-13-19-18(24)20-14-11-8-6-4-5-7-9-12-15-26(25)17-16-21-23-22-17/h4-5H,2-3,6-16H2,1H3,(H2,19,20,24)/b5-4+. The second-order valence-corrected chi connectivity index (χ2v) is 7.86. The molecule has 1 atom stereocenters. The van der Waals surface area contributed by atoms with Gasteiger partial charge in [0.15, 0.2) is 6.54 Å². The Morgan fingerprint density at radius 3 is 2.35 bits per heavy atom. The van der Waals surface area contributed by atoms with Gasteiger partial charge in [0.1, 0.15) is 5.75 Å². The Morgan fingerprint density at radius 2 is 1.73 bits per heavy atom. The smallest absolute Gasteiger partial charge is 0.314 e. The van der Waals surface area contributed by atoms with Crippen LogP contribution in [-0.4, -0.2) is 41.0 Å². The summed E-state index contributed by atoms with van der Waals surface area (Å²) in [7, 11) is 0. The van der Waals surface area contributed by atoms with Crippen molar-refractivity contribution in [2.45, 2.75) is 64.7 Å². The van der Waals surface area contributed by atoms with E-state index >= 15 is 0 Å². The van der Waals surface area contributed by atoms with E-state index < -0.39 is 11.2 Å². The number of rotatable bonds is 14. The van der Waals surface area contributed by atoms with Gasteiger partial charge in [0, 0.05) is 24.3 Å². The van der Waals surface area contributed by atoms with Crippen LogP contribution in [0.2, 0.25) is 0 Å². The van der Waals surface area contributed by atoms with E-state index in [1.807, 2.05) is 0 Å². The third-order valence-corrected chi connectivity index (χ3v) is 5.35. The Balaban J connectivity index is 1.83. The number of unbranched alkanes of at least 4 members (excludes halogenated alkanes) is 6. The first-order valence-corrected chi connectivity index (χ1v) is 11.0. The number of hydrogen-bond acceptors (Lipinski definition) is 5. The van der Waals surface area contributed by atoms with Gasteiger partial charge >= 0.3 is 6.03 Å². The fourth-order valence-electron chi connectivity index (χ4n) is 2.40. The Bertz CT molecular complexity index is 468. The molecule has 8 heteroatoms. The van der Waals surface area contributed by atoms with Gasteiger partial charge in [-0.1, -0.05) is 37.0 Å². The lowest BCUT2D eigenvalue weighted by Gasteiger charge is -2.07. The molecule has 26 heavy (non-hydrogen) atoms. The first-order chi connectivity index (χ1) is 12.7. The van der Waals surface area contributed by atoms with Crippen LogP contribution >= 0.6 is 0 Å². The summed E-state index contributed by atoms with van der Waals surface area (Å²) < 4.78 is 11.8. The maximum atomic E-state index is 11.8. The van der Waals surface area contributed by atoms with E-state index in [0.29, 0.717) is 17.3 Å². The van der Waals surface area contributed by atoms with Gasteiger partial charge in [-0.05, 0) is 50.2 Å². The molecule has 2 N–H and O–H groups in total. The lowest BCUT2D eigenvalue weighted by molar-refractivity contribution is 0.240. The van der Waals surface area contributed by atoms with Crippen LogP contribution in [0.3, 0.4) is 0 Å². The number of hydrogen-bond donors (Lipinski definition) is 2. The molecule has 0 aliphatic carbocycles. The topological polar surface area (TPSA) is 101 Å². The molecule has 1 heterocycles. The Hall–Kier alpha value is -1.41. The predicted octanol–water partition coefficient (Wildman–Crippen LogP) is 3.90. The molecular formula is C18H33N5O2S. The minimum Gasteiger partial charge on any atom is -0.610 e. The highest BCUT2D eigenvalue weighted by Crippen LogP contribution is 2.08. The summed E-state index contributed by atoms with van der Waals surface area (Å²) in [6.45, 7) is 4.02.